The molecule has 1 aliphatic rings. The van der Waals surface area contributed by atoms with Crippen LogP contribution in [0.1, 0.15) is 25.7 Å². The molecule has 2 aromatic rings. The molecule has 124 valence electrons. The molecule has 2 heterocycles. The molecule has 0 amide bonds. The third-order valence-corrected chi connectivity index (χ3v) is 3.73. The maximum atomic E-state index is 12.2. The van der Waals surface area contributed by atoms with Gasteiger partial charge in [0.1, 0.15) is 0 Å². The molecular weight excluding hydrogens is 308 g/mol. The van der Waals surface area contributed by atoms with Gasteiger partial charge in [0.25, 0.3) is 0 Å². The Kier molecular flexibility index (Phi) is 4.80. The first-order chi connectivity index (χ1) is 11.1. The van der Waals surface area contributed by atoms with Gasteiger partial charge in [-0.2, -0.15) is 13.8 Å². The minimum atomic E-state index is -2.92. The molecule has 0 bridgehead atoms. The van der Waals surface area contributed by atoms with E-state index in [4.69, 9.17) is 9.26 Å². The molecule has 0 N–H and O–H groups in total. The largest absolute Gasteiger partial charge is 0.417 e. The SMILES string of the molecule is CCOC1CC(Cc2nc(-c3ccnc(OC(F)F)c3)no2)C1. The van der Waals surface area contributed by atoms with Crippen molar-refractivity contribution in [1.82, 2.24) is 15.1 Å². The number of rotatable bonds is 7. The summed E-state index contributed by atoms with van der Waals surface area (Å²) < 4.78 is 39.4. The number of nitrogens with zero attached hydrogens (tertiary/aromatic N) is 3. The second-order valence-electron chi connectivity index (χ2n) is 5.39. The number of pyridine rings is 1. The van der Waals surface area contributed by atoms with Crippen LogP contribution in [0.15, 0.2) is 22.9 Å². The van der Waals surface area contributed by atoms with Crippen molar-refractivity contribution < 1.29 is 22.8 Å². The highest BCUT2D eigenvalue weighted by Crippen LogP contribution is 2.33. The van der Waals surface area contributed by atoms with Crippen molar-refractivity contribution in [2.45, 2.75) is 38.9 Å². The fourth-order valence-electron chi connectivity index (χ4n) is 2.62. The van der Waals surface area contributed by atoms with Crippen molar-refractivity contribution in [2.24, 2.45) is 5.92 Å². The van der Waals surface area contributed by atoms with Gasteiger partial charge >= 0.3 is 6.61 Å². The summed E-state index contributed by atoms with van der Waals surface area (Å²) in [5.74, 6) is 1.17. The molecule has 0 unspecified atom stereocenters. The molecule has 23 heavy (non-hydrogen) atoms. The lowest BCUT2D eigenvalue weighted by Crippen LogP contribution is -2.32. The molecule has 3 rings (SSSR count). The minimum absolute atomic E-state index is 0.178. The van der Waals surface area contributed by atoms with Crippen LogP contribution in [0.5, 0.6) is 5.88 Å². The molecule has 0 radical (unpaired) electrons. The van der Waals surface area contributed by atoms with E-state index in [1.54, 1.807) is 6.07 Å². The van der Waals surface area contributed by atoms with Gasteiger partial charge in [-0.05, 0) is 31.7 Å². The van der Waals surface area contributed by atoms with Crippen LogP contribution in [0.25, 0.3) is 11.4 Å². The molecule has 2 aromatic heterocycles. The summed E-state index contributed by atoms with van der Waals surface area (Å²) in [5, 5.41) is 3.89. The summed E-state index contributed by atoms with van der Waals surface area (Å²) in [6.45, 7) is -0.207. The third-order valence-electron chi connectivity index (χ3n) is 3.73. The van der Waals surface area contributed by atoms with Crippen LogP contribution < -0.4 is 4.74 Å². The maximum absolute atomic E-state index is 12.2. The smallest absolute Gasteiger partial charge is 0.388 e. The summed E-state index contributed by atoms with van der Waals surface area (Å²) in [6, 6.07) is 2.97. The van der Waals surface area contributed by atoms with Crippen LogP contribution in [0.2, 0.25) is 0 Å². The highest BCUT2D eigenvalue weighted by atomic mass is 19.3. The fraction of sp³-hybridized carbons (Fsp3) is 0.533. The summed E-state index contributed by atoms with van der Waals surface area (Å²) in [4.78, 5) is 8.01. The zero-order valence-electron chi connectivity index (χ0n) is 12.6. The summed E-state index contributed by atoms with van der Waals surface area (Å²) in [6.07, 6.45) is 4.38. The second-order valence-corrected chi connectivity index (χ2v) is 5.39. The highest BCUT2D eigenvalue weighted by molar-refractivity contribution is 5.55. The van der Waals surface area contributed by atoms with E-state index in [1.807, 2.05) is 6.92 Å². The van der Waals surface area contributed by atoms with Crippen molar-refractivity contribution in [3.05, 3.63) is 24.2 Å². The molecule has 0 spiro atoms. The van der Waals surface area contributed by atoms with E-state index in [9.17, 15) is 8.78 Å². The van der Waals surface area contributed by atoms with Gasteiger partial charge in [0, 0.05) is 30.9 Å². The molecule has 6 nitrogen and oxygen atoms in total. The van der Waals surface area contributed by atoms with Crippen molar-refractivity contribution in [2.75, 3.05) is 6.61 Å². The van der Waals surface area contributed by atoms with E-state index in [1.165, 1.54) is 12.3 Å². The quantitative estimate of drug-likeness (QED) is 0.779. The lowest BCUT2D eigenvalue weighted by molar-refractivity contribution is -0.0528. The Morgan fingerprint density at radius 3 is 2.96 bits per heavy atom. The number of hydrogen-bond acceptors (Lipinski definition) is 6. The van der Waals surface area contributed by atoms with E-state index >= 15 is 0 Å². The third kappa shape index (κ3) is 4.01. The molecule has 1 fully saturated rings. The van der Waals surface area contributed by atoms with Crippen molar-refractivity contribution in [1.29, 1.82) is 0 Å². The second kappa shape index (κ2) is 6.99. The Hall–Kier alpha value is -2.09. The van der Waals surface area contributed by atoms with Crippen LogP contribution in [0.3, 0.4) is 0 Å². The van der Waals surface area contributed by atoms with Crippen molar-refractivity contribution in [3.8, 4) is 17.3 Å². The Morgan fingerprint density at radius 1 is 1.39 bits per heavy atom. The number of ether oxygens (including phenoxy) is 2. The maximum Gasteiger partial charge on any atom is 0.388 e. The van der Waals surface area contributed by atoms with E-state index < -0.39 is 6.61 Å². The normalized spacial score (nSPS) is 20.5. The zero-order valence-corrected chi connectivity index (χ0v) is 12.6. The Balaban J connectivity index is 1.61. The number of aromatic nitrogens is 3. The van der Waals surface area contributed by atoms with E-state index in [0.717, 1.165) is 19.4 Å². The van der Waals surface area contributed by atoms with Gasteiger partial charge in [0.2, 0.25) is 17.6 Å². The van der Waals surface area contributed by atoms with Crippen LogP contribution in [-0.2, 0) is 11.2 Å². The average Bonchev–Trinajstić information content (AvgIpc) is 2.93. The van der Waals surface area contributed by atoms with Gasteiger partial charge in [-0.1, -0.05) is 5.16 Å². The molecule has 0 saturated heterocycles. The average molecular weight is 325 g/mol. The first kappa shape index (κ1) is 15.8. The number of hydrogen-bond donors (Lipinski definition) is 0. The van der Waals surface area contributed by atoms with Crippen LogP contribution in [-0.4, -0.2) is 34.4 Å². The van der Waals surface area contributed by atoms with Crippen molar-refractivity contribution in [3.63, 3.8) is 0 Å². The monoisotopic (exact) mass is 325 g/mol. The summed E-state index contributed by atoms with van der Waals surface area (Å²) >= 11 is 0. The predicted molar refractivity (Wildman–Crippen MR) is 76.0 cm³/mol. The zero-order chi connectivity index (χ0) is 16.2. The van der Waals surface area contributed by atoms with Gasteiger partial charge in [0.15, 0.2) is 0 Å². The van der Waals surface area contributed by atoms with Crippen molar-refractivity contribution >= 4 is 0 Å². The molecule has 0 aliphatic heterocycles. The highest BCUT2D eigenvalue weighted by Gasteiger charge is 2.31. The van der Waals surface area contributed by atoms with E-state index in [2.05, 4.69) is 19.9 Å². The topological polar surface area (TPSA) is 70.3 Å². The van der Waals surface area contributed by atoms with Crippen LogP contribution >= 0.6 is 0 Å². The Morgan fingerprint density at radius 2 is 2.22 bits per heavy atom. The van der Waals surface area contributed by atoms with Gasteiger partial charge in [0.05, 0.1) is 6.10 Å². The van der Waals surface area contributed by atoms with Crippen LogP contribution in [0, 0.1) is 5.92 Å². The molecule has 1 saturated carbocycles. The molecule has 0 aromatic carbocycles. The first-order valence-corrected chi connectivity index (χ1v) is 7.49. The molecule has 1 aliphatic carbocycles. The lowest BCUT2D eigenvalue weighted by atomic mass is 9.80. The summed E-state index contributed by atoms with van der Waals surface area (Å²) in [7, 11) is 0. The molecule has 0 atom stereocenters. The van der Waals surface area contributed by atoms with Gasteiger partial charge in [-0.3, -0.25) is 0 Å². The Labute approximate surface area is 131 Å². The predicted octanol–water partition coefficient (Wildman–Crippen LogP) is 3.09. The van der Waals surface area contributed by atoms with E-state index in [0.29, 0.717) is 35.7 Å². The summed E-state index contributed by atoms with van der Waals surface area (Å²) in [5.41, 5.74) is 0.520. The Bertz CT molecular complexity index is 644. The first-order valence-electron chi connectivity index (χ1n) is 7.49. The minimum Gasteiger partial charge on any atom is -0.417 e. The van der Waals surface area contributed by atoms with E-state index in [-0.39, 0.29) is 5.88 Å². The van der Waals surface area contributed by atoms with Gasteiger partial charge in [-0.25, -0.2) is 4.98 Å². The number of alkyl halides is 2. The van der Waals surface area contributed by atoms with Crippen LogP contribution in [0.4, 0.5) is 8.78 Å². The number of halogens is 2. The standard InChI is InChI=1S/C15H17F2N3O3/c1-2-21-11-5-9(6-11)7-13-19-14(20-23-13)10-3-4-18-12(8-10)22-15(16)17/h3-4,8-9,11,15H,2,5-7H2,1H3. The molecular formula is C15H17F2N3O3. The lowest BCUT2D eigenvalue weighted by Gasteiger charge is -2.33. The fourth-order valence-corrected chi connectivity index (χ4v) is 2.62. The van der Waals surface area contributed by atoms with Gasteiger partial charge < -0.3 is 14.0 Å². The van der Waals surface area contributed by atoms with Gasteiger partial charge in [-0.15, -0.1) is 0 Å². The molecule has 8 heteroatoms.